The van der Waals surface area contributed by atoms with Gasteiger partial charge in [-0.25, -0.2) is 0 Å². The molecule has 0 aliphatic carbocycles. The summed E-state index contributed by atoms with van der Waals surface area (Å²) in [6.07, 6.45) is 1.81. The molecule has 0 N–H and O–H groups in total. The molecule has 2 rings (SSSR count). The number of rotatable bonds is 8. The van der Waals surface area contributed by atoms with Gasteiger partial charge >= 0.3 is 0 Å². The van der Waals surface area contributed by atoms with E-state index < -0.39 is 0 Å². The van der Waals surface area contributed by atoms with Gasteiger partial charge in [0.05, 0.1) is 5.69 Å². The van der Waals surface area contributed by atoms with Crippen molar-refractivity contribution in [3.8, 4) is 0 Å². The molecule has 2 aromatic rings. The summed E-state index contributed by atoms with van der Waals surface area (Å²) < 4.78 is 0. The zero-order valence-corrected chi connectivity index (χ0v) is 15.1. The average Bonchev–Trinajstić information content (AvgIpc) is 2.60. The van der Waals surface area contributed by atoms with Crippen molar-refractivity contribution < 1.29 is 4.79 Å². The van der Waals surface area contributed by atoms with Crippen LogP contribution in [0.15, 0.2) is 53.5 Å². The van der Waals surface area contributed by atoms with E-state index in [0.717, 1.165) is 30.0 Å². The van der Waals surface area contributed by atoms with Crippen LogP contribution in [-0.4, -0.2) is 36.8 Å². The Morgan fingerprint density at radius 1 is 1.00 bits per heavy atom. The molecule has 126 valence electrons. The highest BCUT2D eigenvalue weighted by Gasteiger charge is 2.04. The second-order valence-corrected chi connectivity index (χ2v) is 6.07. The Labute approximate surface area is 152 Å². The van der Waals surface area contributed by atoms with E-state index in [1.165, 1.54) is 0 Å². The van der Waals surface area contributed by atoms with Crippen LogP contribution in [0, 0.1) is 0 Å². The Balaban J connectivity index is 2.06. The first kappa shape index (κ1) is 18.5. The summed E-state index contributed by atoms with van der Waals surface area (Å²) in [5, 5.41) is 0. The molecule has 0 bridgehead atoms. The number of halogens is 2. The molecular formula is C19H20Cl2N2O. The number of ketones is 1. The minimum absolute atomic E-state index is 0.0552. The number of hydrogen-bond donors (Lipinski definition) is 0. The summed E-state index contributed by atoms with van der Waals surface area (Å²) in [4.78, 5) is 17.8. The van der Waals surface area contributed by atoms with Crippen LogP contribution in [-0.2, 0) is 0 Å². The van der Waals surface area contributed by atoms with Gasteiger partial charge in [-0.05, 0) is 48.9 Å². The lowest BCUT2D eigenvalue weighted by Gasteiger charge is -2.22. The van der Waals surface area contributed by atoms with Gasteiger partial charge in [0, 0.05) is 42.3 Å². The van der Waals surface area contributed by atoms with Crippen molar-refractivity contribution in [3.05, 3.63) is 59.7 Å². The van der Waals surface area contributed by atoms with E-state index in [9.17, 15) is 4.79 Å². The lowest BCUT2D eigenvalue weighted by atomic mass is 10.1. The molecule has 2 aromatic carbocycles. The smallest absolute Gasteiger partial charge is 0.159 e. The zero-order valence-electron chi connectivity index (χ0n) is 13.6. The highest BCUT2D eigenvalue weighted by atomic mass is 35.5. The molecular weight excluding hydrogens is 343 g/mol. The van der Waals surface area contributed by atoms with Crippen molar-refractivity contribution >= 4 is 46.6 Å². The zero-order chi connectivity index (χ0) is 17.4. The van der Waals surface area contributed by atoms with Crippen molar-refractivity contribution in [1.29, 1.82) is 0 Å². The minimum atomic E-state index is 0.0552. The fourth-order valence-electron chi connectivity index (χ4n) is 2.28. The Bertz CT molecular complexity index is 676. The van der Waals surface area contributed by atoms with Crippen LogP contribution in [0.1, 0.15) is 22.8 Å². The average molecular weight is 363 g/mol. The van der Waals surface area contributed by atoms with Crippen LogP contribution in [0.25, 0.3) is 0 Å². The molecule has 0 spiro atoms. The summed E-state index contributed by atoms with van der Waals surface area (Å²) >= 11 is 11.7. The number of nitrogens with zero attached hydrogens (tertiary/aromatic N) is 2. The van der Waals surface area contributed by atoms with Crippen LogP contribution in [0.3, 0.4) is 0 Å². The normalized spacial score (nSPS) is 11.0. The predicted molar refractivity (Wildman–Crippen MR) is 104 cm³/mol. The van der Waals surface area contributed by atoms with Gasteiger partial charge in [-0.2, -0.15) is 0 Å². The van der Waals surface area contributed by atoms with Gasteiger partial charge in [0.15, 0.2) is 5.78 Å². The second-order valence-electron chi connectivity index (χ2n) is 5.32. The van der Waals surface area contributed by atoms with Gasteiger partial charge < -0.3 is 4.90 Å². The number of benzene rings is 2. The third kappa shape index (κ3) is 5.36. The number of alkyl halides is 2. The molecule has 3 nitrogen and oxygen atoms in total. The van der Waals surface area contributed by atoms with Crippen molar-refractivity contribution in [1.82, 2.24) is 0 Å². The van der Waals surface area contributed by atoms with Crippen molar-refractivity contribution in [2.45, 2.75) is 6.92 Å². The highest BCUT2D eigenvalue weighted by molar-refractivity contribution is 6.18. The molecule has 0 heterocycles. The van der Waals surface area contributed by atoms with E-state index in [0.29, 0.717) is 17.3 Å². The fraction of sp³-hybridized carbons (Fsp3) is 0.263. The van der Waals surface area contributed by atoms with Gasteiger partial charge in [-0.15, -0.1) is 23.2 Å². The molecule has 0 aliphatic rings. The van der Waals surface area contributed by atoms with Crippen LogP contribution >= 0.6 is 23.2 Å². The highest BCUT2D eigenvalue weighted by Crippen LogP contribution is 2.17. The van der Waals surface area contributed by atoms with E-state index in [-0.39, 0.29) is 5.78 Å². The molecule has 0 saturated heterocycles. The first-order chi connectivity index (χ1) is 11.6. The lowest BCUT2D eigenvalue weighted by Crippen LogP contribution is -2.27. The summed E-state index contributed by atoms with van der Waals surface area (Å²) in [6.45, 7) is 3.09. The third-order valence-electron chi connectivity index (χ3n) is 3.60. The van der Waals surface area contributed by atoms with Gasteiger partial charge in [-0.1, -0.05) is 12.1 Å². The SMILES string of the molecule is CC(=O)c1ccc(N=Cc2ccc(N(CCCl)CCCl)cc2)cc1. The van der Waals surface area contributed by atoms with Crippen molar-refractivity contribution in [3.63, 3.8) is 0 Å². The number of anilines is 1. The molecule has 0 unspecified atom stereocenters. The second kappa shape index (κ2) is 9.45. The molecule has 0 amide bonds. The standard InChI is InChI=1S/C19H20Cl2N2O/c1-15(24)17-4-6-18(7-5-17)22-14-16-2-8-19(9-3-16)23(12-10-20)13-11-21/h2-9,14H,10-13H2,1H3. The number of hydrogen-bond acceptors (Lipinski definition) is 3. The van der Waals surface area contributed by atoms with E-state index in [1.54, 1.807) is 25.3 Å². The molecule has 5 heteroatoms. The van der Waals surface area contributed by atoms with Gasteiger partial charge in [-0.3, -0.25) is 9.79 Å². The number of carbonyl (C=O) groups is 1. The minimum Gasteiger partial charge on any atom is -0.369 e. The maximum absolute atomic E-state index is 11.3. The lowest BCUT2D eigenvalue weighted by molar-refractivity contribution is 0.101. The van der Waals surface area contributed by atoms with Gasteiger partial charge in [0.2, 0.25) is 0 Å². The quantitative estimate of drug-likeness (QED) is 0.379. The predicted octanol–water partition coefficient (Wildman–Crippen LogP) is 4.92. The molecule has 0 radical (unpaired) electrons. The summed E-state index contributed by atoms with van der Waals surface area (Å²) in [5.41, 5.74) is 3.61. The number of Topliss-reactive ketones (excluding diaryl/α,β-unsaturated/α-hetero) is 1. The van der Waals surface area contributed by atoms with E-state index in [4.69, 9.17) is 23.2 Å². The van der Waals surface area contributed by atoms with Crippen LogP contribution in [0.5, 0.6) is 0 Å². The molecule has 0 aromatic heterocycles. The largest absolute Gasteiger partial charge is 0.369 e. The first-order valence-corrected chi connectivity index (χ1v) is 8.83. The van der Waals surface area contributed by atoms with E-state index >= 15 is 0 Å². The van der Waals surface area contributed by atoms with Gasteiger partial charge in [0.25, 0.3) is 0 Å². The first-order valence-electron chi connectivity index (χ1n) is 7.76. The van der Waals surface area contributed by atoms with Crippen LogP contribution < -0.4 is 4.90 Å². The molecule has 0 aliphatic heterocycles. The number of aliphatic imine (C=N–C) groups is 1. The summed E-state index contributed by atoms with van der Waals surface area (Å²) in [6, 6.07) is 15.4. The maximum Gasteiger partial charge on any atom is 0.159 e. The Hall–Kier alpha value is -1.84. The number of carbonyl (C=O) groups excluding carboxylic acids is 1. The Morgan fingerprint density at radius 2 is 1.58 bits per heavy atom. The fourth-order valence-corrected chi connectivity index (χ4v) is 2.68. The van der Waals surface area contributed by atoms with E-state index in [2.05, 4.69) is 9.89 Å². The molecule has 0 atom stereocenters. The van der Waals surface area contributed by atoms with Crippen LogP contribution in [0.2, 0.25) is 0 Å². The monoisotopic (exact) mass is 362 g/mol. The summed E-state index contributed by atoms with van der Waals surface area (Å²) in [5.74, 6) is 1.19. The van der Waals surface area contributed by atoms with Crippen molar-refractivity contribution in [2.75, 3.05) is 29.7 Å². The Kier molecular flexibility index (Phi) is 7.29. The van der Waals surface area contributed by atoms with Gasteiger partial charge in [0.1, 0.15) is 0 Å². The van der Waals surface area contributed by atoms with E-state index in [1.807, 2.05) is 36.4 Å². The maximum atomic E-state index is 11.3. The van der Waals surface area contributed by atoms with Crippen molar-refractivity contribution in [2.24, 2.45) is 4.99 Å². The molecule has 0 fully saturated rings. The third-order valence-corrected chi connectivity index (χ3v) is 3.94. The van der Waals surface area contributed by atoms with Crippen LogP contribution in [0.4, 0.5) is 11.4 Å². The topological polar surface area (TPSA) is 32.7 Å². The summed E-state index contributed by atoms with van der Waals surface area (Å²) in [7, 11) is 0. The molecule has 24 heavy (non-hydrogen) atoms. The Morgan fingerprint density at radius 3 is 2.08 bits per heavy atom. The molecule has 0 saturated carbocycles.